The first-order valence-electron chi connectivity index (χ1n) is 12.9. The molecule has 0 aliphatic heterocycles. The number of hydrogen-bond acceptors (Lipinski definition) is 4. The number of hydrogen-bond donors (Lipinski definition) is 0. The molecule has 0 bridgehead atoms. The Labute approximate surface area is 218 Å². The molecule has 4 heteroatoms. The first-order chi connectivity index (χ1) is 17.3. The Morgan fingerprint density at radius 2 is 1.39 bits per heavy atom. The first kappa shape index (κ1) is 31.1. The highest BCUT2D eigenvalue weighted by molar-refractivity contribution is 5.86. The van der Waals surface area contributed by atoms with Gasteiger partial charge in [-0.3, -0.25) is 4.79 Å². The number of unbranched alkanes of at least 4 members (excludes halogenated alkanes) is 2. The largest absolute Gasteiger partial charge is 0.462 e. The fraction of sp³-hybridized carbons (Fsp3) is 0.438. The Balaban J connectivity index is 0.00000118. The van der Waals surface area contributed by atoms with E-state index >= 15 is 0 Å². The molecule has 0 radical (unpaired) electrons. The van der Waals surface area contributed by atoms with Gasteiger partial charge in [0.25, 0.3) is 0 Å². The van der Waals surface area contributed by atoms with Crippen LogP contribution in [-0.2, 0) is 38.3 Å². The minimum absolute atomic E-state index is 0.123. The van der Waals surface area contributed by atoms with Crippen molar-refractivity contribution in [1.82, 2.24) is 0 Å². The van der Waals surface area contributed by atoms with Crippen LogP contribution in [0.4, 0.5) is 0 Å². The second-order valence-corrected chi connectivity index (χ2v) is 9.34. The Kier molecular flexibility index (Phi) is 15.8. The van der Waals surface area contributed by atoms with Gasteiger partial charge in [0.05, 0.1) is 6.61 Å². The number of rotatable bonds is 15. The fourth-order valence-corrected chi connectivity index (χ4v) is 3.60. The molecule has 0 aromatic heterocycles. The van der Waals surface area contributed by atoms with Crippen LogP contribution in [0.15, 0.2) is 72.8 Å². The van der Waals surface area contributed by atoms with Crippen molar-refractivity contribution in [2.75, 3.05) is 20.3 Å². The molecule has 2 rings (SSSR count). The predicted molar refractivity (Wildman–Crippen MR) is 149 cm³/mol. The van der Waals surface area contributed by atoms with Gasteiger partial charge in [-0.2, -0.15) is 0 Å². The minimum Gasteiger partial charge on any atom is -0.462 e. The quantitative estimate of drug-likeness (QED) is 0.114. The lowest BCUT2D eigenvalue weighted by Crippen LogP contribution is -2.15. The molecular weight excluding hydrogens is 448 g/mol. The van der Waals surface area contributed by atoms with E-state index < -0.39 is 0 Å². The molecule has 0 heterocycles. The van der Waals surface area contributed by atoms with E-state index in [-0.39, 0.29) is 11.9 Å². The Hall–Kier alpha value is -2.98. The van der Waals surface area contributed by atoms with Crippen molar-refractivity contribution in [1.29, 1.82) is 0 Å². The third-order valence-electron chi connectivity index (χ3n) is 5.88. The summed E-state index contributed by atoms with van der Waals surface area (Å²) in [5.41, 5.74) is 6.32. The van der Waals surface area contributed by atoms with Crippen LogP contribution >= 0.6 is 0 Å². The maximum Gasteiger partial charge on any atom is 0.333 e. The van der Waals surface area contributed by atoms with Gasteiger partial charge in [0.2, 0.25) is 0 Å². The topological polar surface area (TPSA) is 52.6 Å². The Morgan fingerprint density at radius 1 is 0.889 bits per heavy atom. The summed E-state index contributed by atoms with van der Waals surface area (Å²) in [4.78, 5) is 21.2. The van der Waals surface area contributed by atoms with Crippen LogP contribution in [0.25, 0.3) is 0 Å². The van der Waals surface area contributed by atoms with Crippen molar-refractivity contribution < 1.29 is 19.1 Å². The molecule has 196 valence electrons. The minimum atomic E-state index is -0.338. The first-order valence-corrected chi connectivity index (χ1v) is 12.9. The number of aryl methyl sites for hydroxylation is 3. The number of esters is 1. The smallest absolute Gasteiger partial charge is 0.333 e. The molecule has 4 nitrogen and oxygen atoms in total. The summed E-state index contributed by atoms with van der Waals surface area (Å²) >= 11 is 0. The Bertz CT molecular complexity index is 926. The van der Waals surface area contributed by atoms with Crippen LogP contribution in [0.2, 0.25) is 0 Å². The average Bonchev–Trinajstić information content (AvgIpc) is 2.89. The number of aldehydes is 1. The van der Waals surface area contributed by atoms with Crippen LogP contribution in [-0.4, -0.2) is 32.6 Å². The molecule has 0 amide bonds. The van der Waals surface area contributed by atoms with Crippen LogP contribution in [0.5, 0.6) is 0 Å². The van der Waals surface area contributed by atoms with Gasteiger partial charge in [-0.15, -0.1) is 0 Å². The molecule has 0 spiro atoms. The number of carbonyl (C=O) groups is 2. The van der Waals surface area contributed by atoms with Gasteiger partial charge in [-0.05, 0) is 73.8 Å². The highest BCUT2D eigenvalue weighted by atomic mass is 16.5. The highest BCUT2D eigenvalue weighted by Gasteiger charge is 2.15. The van der Waals surface area contributed by atoms with E-state index in [0.717, 1.165) is 25.5 Å². The van der Waals surface area contributed by atoms with Gasteiger partial charge in [0.1, 0.15) is 6.29 Å². The van der Waals surface area contributed by atoms with Crippen molar-refractivity contribution in [2.45, 2.75) is 71.6 Å². The van der Waals surface area contributed by atoms with Crippen LogP contribution < -0.4 is 0 Å². The molecule has 0 aliphatic carbocycles. The van der Waals surface area contributed by atoms with Crippen molar-refractivity contribution >= 4 is 12.3 Å². The van der Waals surface area contributed by atoms with Gasteiger partial charge in [-0.1, -0.05) is 81.5 Å². The van der Waals surface area contributed by atoms with Crippen LogP contribution in [0, 0.1) is 0 Å². The third-order valence-corrected chi connectivity index (χ3v) is 5.88. The van der Waals surface area contributed by atoms with Gasteiger partial charge in [0, 0.05) is 25.2 Å². The summed E-state index contributed by atoms with van der Waals surface area (Å²) in [5, 5.41) is 0. The van der Waals surface area contributed by atoms with E-state index in [2.05, 4.69) is 68.6 Å². The standard InChI is InChI=1S/C28H38O3.C4H6O/c1-5-6-7-8-23-9-11-24(12-10-23)13-14-25-15-17-26(18-16-25)27(19-20-30-4)21-31-28(29)22(2)3;1-4(2)3-5/h9-12,15-18,27H,2,5-8,13-14,19-21H2,1,3-4H3;3H,1H2,2H3. The predicted octanol–water partition coefficient (Wildman–Crippen LogP) is 7.21. The van der Waals surface area contributed by atoms with Gasteiger partial charge < -0.3 is 9.47 Å². The Morgan fingerprint density at radius 3 is 1.83 bits per heavy atom. The van der Waals surface area contributed by atoms with Crippen molar-refractivity contribution in [3.63, 3.8) is 0 Å². The molecule has 0 N–H and O–H groups in total. The maximum absolute atomic E-state index is 11.8. The molecule has 0 fully saturated rings. The molecule has 36 heavy (non-hydrogen) atoms. The summed E-state index contributed by atoms with van der Waals surface area (Å²) in [6.07, 6.45) is 8.62. The summed E-state index contributed by atoms with van der Waals surface area (Å²) in [7, 11) is 1.69. The zero-order valence-electron chi connectivity index (χ0n) is 22.7. The third kappa shape index (κ3) is 13.2. The number of benzene rings is 2. The number of ether oxygens (including phenoxy) is 2. The summed E-state index contributed by atoms with van der Waals surface area (Å²) in [5.74, 6) is -0.215. The van der Waals surface area contributed by atoms with Gasteiger partial charge >= 0.3 is 5.97 Å². The summed E-state index contributed by atoms with van der Waals surface area (Å²) < 4.78 is 10.6. The van der Waals surface area contributed by atoms with E-state index in [1.54, 1.807) is 21.0 Å². The second kappa shape index (κ2) is 18.3. The molecule has 1 unspecified atom stereocenters. The number of allylic oxidation sites excluding steroid dienone is 1. The zero-order valence-corrected chi connectivity index (χ0v) is 22.7. The highest BCUT2D eigenvalue weighted by Crippen LogP contribution is 2.22. The van der Waals surface area contributed by atoms with Crippen LogP contribution in [0.1, 0.15) is 74.6 Å². The van der Waals surface area contributed by atoms with Crippen molar-refractivity contribution in [3.8, 4) is 0 Å². The second-order valence-electron chi connectivity index (χ2n) is 9.34. The van der Waals surface area contributed by atoms with E-state index in [4.69, 9.17) is 9.47 Å². The summed E-state index contributed by atoms with van der Waals surface area (Å²) in [6.45, 7) is 13.5. The monoisotopic (exact) mass is 492 g/mol. The lowest BCUT2D eigenvalue weighted by atomic mass is 9.94. The van der Waals surface area contributed by atoms with Gasteiger partial charge in [0.15, 0.2) is 0 Å². The maximum atomic E-state index is 11.8. The van der Waals surface area contributed by atoms with Gasteiger partial charge in [-0.25, -0.2) is 4.79 Å². The molecule has 0 saturated heterocycles. The SMILES string of the molecule is C=C(C)C(=O)OCC(CCOC)c1ccc(CCc2ccc(CCCCC)cc2)cc1.C=C(C)C=O. The number of carbonyl (C=O) groups excluding carboxylic acids is 2. The zero-order chi connectivity index (χ0) is 26.8. The van der Waals surface area contributed by atoms with E-state index in [0.29, 0.717) is 24.4 Å². The molecule has 0 aliphatic rings. The average molecular weight is 493 g/mol. The van der Waals surface area contributed by atoms with Crippen molar-refractivity contribution in [2.24, 2.45) is 0 Å². The van der Waals surface area contributed by atoms with Crippen molar-refractivity contribution in [3.05, 3.63) is 95.1 Å². The van der Waals surface area contributed by atoms with Crippen LogP contribution in [0.3, 0.4) is 0 Å². The van der Waals surface area contributed by atoms with E-state index in [9.17, 15) is 9.59 Å². The molecule has 2 aromatic carbocycles. The molecule has 0 saturated carbocycles. The van der Waals surface area contributed by atoms with E-state index in [1.807, 2.05) is 0 Å². The van der Waals surface area contributed by atoms with E-state index in [1.165, 1.54) is 47.9 Å². The normalized spacial score (nSPS) is 11.1. The fourth-order valence-electron chi connectivity index (χ4n) is 3.60. The molecular formula is C32H44O4. The number of methoxy groups -OCH3 is 1. The molecule has 2 aromatic rings. The lowest BCUT2D eigenvalue weighted by Gasteiger charge is -2.18. The molecule has 1 atom stereocenters. The lowest BCUT2D eigenvalue weighted by molar-refractivity contribution is -0.139. The summed E-state index contributed by atoms with van der Waals surface area (Å²) in [6, 6.07) is 17.8.